The lowest BCUT2D eigenvalue weighted by Gasteiger charge is -2.39. The maximum Gasteiger partial charge on any atom is 0.0490 e. The standard InChI is InChI=1S/C28H28ClN/c1-28(2)17-20(18-8-7-9-21(15-18)30(3)4)14-19-12-13-23-22-10-5-6-11-24(22)26(29)16-25(23)27(19)28/h5-13,15-16,20H,14,17H2,1-4H3. The molecule has 0 spiro atoms. The van der Waals surface area contributed by atoms with Gasteiger partial charge in [-0.05, 0) is 75.2 Å². The highest BCUT2D eigenvalue weighted by molar-refractivity contribution is 6.37. The molecule has 0 saturated heterocycles. The minimum atomic E-state index is 0.0810. The van der Waals surface area contributed by atoms with Gasteiger partial charge in [-0.15, -0.1) is 0 Å². The van der Waals surface area contributed by atoms with Crippen LogP contribution in [0.4, 0.5) is 5.69 Å². The van der Waals surface area contributed by atoms with E-state index < -0.39 is 0 Å². The van der Waals surface area contributed by atoms with Crippen LogP contribution in [0, 0.1) is 0 Å². The van der Waals surface area contributed by atoms with Gasteiger partial charge >= 0.3 is 0 Å². The van der Waals surface area contributed by atoms with Gasteiger partial charge in [0, 0.05) is 30.2 Å². The SMILES string of the molecule is CN(C)c1cccc(C2Cc3ccc4c(cc(Cl)c5ccccc54)c3C(C)(C)C2)c1. The van der Waals surface area contributed by atoms with Gasteiger partial charge in [0.05, 0.1) is 0 Å². The number of anilines is 1. The maximum absolute atomic E-state index is 6.74. The Morgan fingerprint density at radius 1 is 0.833 bits per heavy atom. The molecule has 0 radical (unpaired) electrons. The van der Waals surface area contributed by atoms with Gasteiger partial charge in [0.2, 0.25) is 0 Å². The quantitative estimate of drug-likeness (QED) is 0.304. The van der Waals surface area contributed by atoms with Gasteiger partial charge in [0.1, 0.15) is 0 Å². The predicted octanol–water partition coefficient (Wildman–Crippen LogP) is 7.72. The first-order valence-corrected chi connectivity index (χ1v) is 11.1. The summed E-state index contributed by atoms with van der Waals surface area (Å²) in [5, 5.41) is 5.87. The van der Waals surface area contributed by atoms with Gasteiger partial charge in [-0.1, -0.05) is 74.0 Å². The zero-order valence-corrected chi connectivity index (χ0v) is 18.9. The molecule has 2 heteroatoms. The molecule has 0 saturated carbocycles. The minimum Gasteiger partial charge on any atom is -0.378 e. The van der Waals surface area contributed by atoms with Crippen molar-refractivity contribution in [3.63, 3.8) is 0 Å². The fraction of sp³-hybridized carbons (Fsp3) is 0.286. The Labute approximate surface area is 184 Å². The van der Waals surface area contributed by atoms with Crippen LogP contribution < -0.4 is 4.90 Å². The molecule has 30 heavy (non-hydrogen) atoms. The van der Waals surface area contributed by atoms with E-state index in [2.05, 4.69) is 99.6 Å². The Morgan fingerprint density at radius 2 is 1.57 bits per heavy atom. The van der Waals surface area contributed by atoms with Crippen molar-refractivity contribution in [2.24, 2.45) is 0 Å². The highest BCUT2D eigenvalue weighted by Crippen LogP contribution is 2.48. The molecule has 0 fully saturated rings. The Hall–Kier alpha value is -2.51. The maximum atomic E-state index is 6.74. The lowest BCUT2D eigenvalue weighted by molar-refractivity contribution is 0.395. The summed E-state index contributed by atoms with van der Waals surface area (Å²) in [6.07, 6.45) is 2.22. The normalized spacial score (nSPS) is 17.8. The zero-order valence-electron chi connectivity index (χ0n) is 18.2. The Morgan fingerprint density at radius 3 is 2.33 bits per heavy atom. The second-order valence-corrected chi connectivity index (χ2v) is 9.98. The third-order valence-electron chi connectivity index (χ3n) is 6.84. The van der Waals surface area contributed by atoms with Crippen LogP contribution in [-0.4, -0.2) is 14.1 Å². The van der Waals surface area contributed by atoms with Crippen LogP contribution >= 0.6 is 11.6 Å². The van der Waals surface area contributed by atoms with E-state index >= 15 is 0 Å². The smallest absolute Gasteiger partial charge is 0.0490 e. The van der Waals surface area contributed by atoms with E-state index in [1.165, 1.54) is 38.5 Å². The molecule has 4 aromatic carbocycles. The Balaban J connectivity index is 1.68. The predicted molar refractivity (Wildman–Crippen MR) is 131 cm³/mol. The van der Waals surface area contributed by atoms with E-state index in [-0.39, 0.29) is 5.41 Å². The van der Waals surface area contributed by atoms with Crippen LogP contribution in [0.25, 0.3) is 21.5 Å². The van der Waals surface area contributed by atoms with Crippen molar-refractivity contribution >= 4 is 38.8 Å². The molecule has 152 valence electrons. The second-order valence-electron chi connectivity index (χ2n) is 9.58. The molecule has 1 nitrogen and oxygen atoms in total. The highest BCUT2D eigenvalue weighted by atomic mass is 35.5. The molecule has 0 N–H and O–H groups in total. The summed E-state index contributed by atoms with van der Waals surface area (Å²) in [4.78, 5) is 2.19. The lowest BCUT2D eigenvalue weighted by Crippen LogP contribution is -2.29. The summed E-state index contributed by atoms with van der Waals surface area (Å²) in [7, 11) is 4.22. The second kappa shape index (κ2) is 7.03. The largest absolute Gasteiger partial charge is 0.378 e. The van der Waals surface area contributed by atoms with Gasteiger partial charge in [-0.25, -0.2) is 0 Å². The fourth-order valence-corrected chi connectivity index (χ4v) is 5.77. The molecule has 0 aromatic heterocycles. The van der Waals surface area contributed by atoms with Crippen molar-refractivity contribution in [1.82, 2.24) is 0 Å². The van der Waals surface area contributed by atoms with Crippen LogP contribution in [0.5, 0.6) is 0 Å². The number of hydrogen-bond donors (Lipinski definition) is 0. The lowest BCUT2D eigenvalue weighted by atomic mass is 9.65. The summed E-state index contributed by atoms with van der Waals surface area (Å²) < 4.78 is 0. The average Bonchev–Trinajstić information content (AvgIpc) is 2.73. The number of halogens is 1. The number of benzene rings is 4. The first kappa shape index (κ1) is 19.5. The summed E-state index contributed by atoms with van der Waals surface area (Å²) in [6.45, 7) is 4.80. The Kier molecular flexibility index (Phi) is 4.56. The van der Waals surface area contributed by atoms with Crippen LogP contribution in [-0.2, 0) is 11.8 Å². The van der Waals surface area contributed by atoms with Crippen LogP contribution in [0.15, 0.2) is 66.7 Å². The molecule has 0 aliphatic heterocycles. The van der Waals surface area contributed by atoms with Crippen molar-refractivity contribution in [1.29, 1.82) is 0 Å². The molecule has 1 unspecified atom stereocenters. The number of hydrogen-bond acceptors (Lipinski definition) is 1. The van der Waals surface area contributed by atoms with Crippen molar-refractivity contribution in [2.45, 2.75) is 38.0 Å². The molecule has 4 aromatic rings. The summed E-state index contributed by atoms with van der Waals surface area (Å²) in [6, 6.07) is 24.4. The average molecular weight is 414 g/mol. The third kappa shape index (κ3) is 3.08. The van der Waals surface area contributed by atoms with Gasteiger partial charge in [-0.3, -0.25) is 0 Å². The van der Waals surface area contributed by atoms with Crippen LogP contribution in [0.1, 0.15) is 42.9 Å². The monoisotopic (exact) mass is 413 g/mol. The van der Waals surface area contributed by atoms with E-state index in [1.54, 1.807) is 0 Å². The minimum absolute atomic E-state index is 0.0810. The van der Waals surface area contributed by atoms with Crippen molar-refractivity contribution in [3.05, 3.63) is 88.4 Å². The van der Waals surface area contributed by atoms with E-state index in [9.17, 15) is 0 Å². The van der Waals surface area contributed by atoms with Crippen molar-refractivity contribution in [3.8, 4) is 0 Å². The first-order chi connectivity index (χ1) is 14.3. The molecule has 0 heterocycles. The number of rotatable bonds is 2. The topological polar surface area (TPSA) is 3.24 Å². The van der Waals surface area contributed by atoms with E-state index in [1.807, 2.05) is 0 Å². The molecular weight excluding hydrogens is 386 g/mol. The summed E-state index contributed by atoms with van der Waals surface area (Å²) in [5.74, 6) is 0.528. The molecule has 1 aliphatic rings. The van der Waals surface area contributed by atoms with Gasteiger partial charge < -0.3 is 4.90 Å². The van der Waals surface area contributed by atoms with Gasteiger partial charge in [0.25, 0.3) is 0 Å². The van der Waals surface area contributed by atoms with E-state index in [0.717, 1.165) is 23.3 Å². The number of nitrogens with zero attached hydrogens (tertiary/aromatic N) is 1. The molecule has 5 rings (SSSR count). The van der Waals surface area contributed by atoms with Gasteiger partial charge in [-0.2, -0.15) is 0 Å². The Bertz CT molecular complexity index is 1270. The van der Waals surface area contributed by atoms with E-state index in [4.69, 9.17) is 11.6 Å². The van der Waals surface area contributed by atoms with Crippen molar-refractivity contribution < 1.29 is 0 Å². The van der Waals surface area contributed by atoms with Crippen LogP contribution in [0.3, 0.4) is 0 Å². The molecular formula is C28H28ClN. The van der Waals surface area contributed by atoms with Crippen LogP contribution in [0.2, 0.25) is 5.02 Å². The molecule has 1 aliphatic carbocycles. The summed E-state index contributed by atoms with van der Waals surface area (Å²) in [5.41, 5.74) is 5.74. The highest BCUT2D eigenvalue weighted by Gasteiger charge is 2.35. The fourth-order valence-electron chi connectivity index (χ4n) is 5.50. The zero-order chi connectivity index (χ0) is 21.0. The summed E-state index contributed by atoms with van der Waals surface area (Å²) >= 11 is 6.74. The molecule has 1 atom stereocenters. The number of fused-ring (bicyclic) bond motifs is 5. The van der Waals surface area contributed by atoms with Crippen molar-refractivity contribution in [2.75, 3.05) is 19.0 Å². The molecule has 0 bridgehead atoms. The molecule has 0 amide bonds. The third-order valence-corrected chi connectivity index (χ3v) is 7.15. The van der Waals surface area contributed by atoms with E-state index in [0.29, 0.717) is 5.92 Å². The first-order valence-electron chi connectivity index (χ1n) is 10.8. The van der Waals surface area contributed by atoms with Gasteiger partial charge in [0.15, 0.2) is 0 Å².